The Kier molecular flexibility index (Phi) is 5.89. The zero-order valence-electron chi connectivity index (χ0n) is 17.1. The number of rotatable bonds is 3. The smallest absolute Gasteiger partial charge is 0.368 e. The van der Waals surface area contributed by atoms with E-state index in [4.69, 9.17) is 0 Å². The van der Waals surface area contributed by atoms with Crippen molar-refractivity contribution in [2.24, 2.45) is 0 Å². The van der Waals surface area contributed by atoms with Gasteiger partial charge in [-0.2, -0.15) is 13.2 Å². The van der Waals surface area contributed by atoms with Crippen LogP contribution in [0.4, 0.5) is 24.5 Å². The highest BCUT2D eigenvalue weighted by atomic mass is 19.4. The number of alkyl halides is 3. The molecule has 2 aliphatic rings. The molecule has 164 valence electrons. The van der Waals surface area contributed by atoms with Gasteiger partial charge in [-0.25, -0.2) is 0 Å². The molecule has 0 bridgehead atoms. The molecule has 0 saturated carbocycles. The molecule has 2 aromatic carbocycles. The van der Waals surface area contributed by atoms with Crippen molar-refractivity contribution >= 4 is 23.2 Å². The van der Waals surface area contributed by atoms with Crippen molar-refractivity contribution < 1.29 is 22.8 Å². The van der Waals surface area contributed by atoms with Crippen LogP contribution in [0.5, 0.6) is 0 Å². The molecular weight excluding hydrogens is 407 g/mol. The third-order valence-corrected chi connectivity index (χ3v) is 5.88. The number of fused-ring (bicyclic) bond motifs is 1. The highest BCUT2D eigenvalue weighted by Crippen LogP contribution is 2.32. The van der Waals surface area contributed by atoms with Gasteiger partial charge < -0.3 is 14.7 Å². The minimum absolute atomic E-state index is 0.0145. The molecular formula is C23H24F3N3O2. The molecule has 5 nitrogen and oxygen atoms in total. The van der Waals surface area contributed by atoms with Crippen LogP contribution in [0.1, 0.15) is 24.0 Å². The molecule has 0 unspecified atom stereocenters. The SMILES string of the molecule is O=C(CN1C(=O)CCCc2ccccc21)N1CCN(c2cccc(C(F)(F)F)c2)CC1. The fraction of sp³-hybridized carbons (Fsp3) is 0.391. The van der Waals surface area contributed by atoms with E-state index in [1.54, 1.807) is 15.9 Å². The average molecular weight is 431 g/mol. The van der Waals surface area contributed by atoms with Gasteiger partial charge in [-0.15, -0.1) is 0 Å². The van der Waals surface area contributed by atoms with Crippen LogP contribution in [0.15, 0.2) is 48.5 Å². The van der Waals surface area contributed by atoms with Crippen molar-refractivity contribution in [3.63, 3.8) is 0 Å². The average Bonchev–Trinajstić information content (AvgIpc) is 2.92. The molecule has 0 radical (unpaired) electrons. The number of benzene rings is 2. The van der Waals surface area contributed by atoms with Crippen LogP contribution in [0.2, 0.25) is 0 Å². The van der Waals surface area contributed by atoms with Crippen LogP contribution in [-0.2, 0) is 22.2 Å². The van der Waals surface area contributed by atoms with Crippen molar-refractivity contribution in [3.05, 3.63) is 59.7 Å². The lowest BCUT2D eigenvalue weighted by atomic mass is 10.1. The van der Waals surface area contributed by atoms with E-state index >= 15 is 0 Å². The minimum Gasteiger partial charge on any atom is -0.368 e. The summed E-state index contributed by atoms with van der Waals surface area (Å²) in [5.41, 5.74) is 1.68. The molecule has 2 amide bonds. The van der Waals surface area contributed by atoms with Gasteiger partial charge in [-0.1, -0.05) is 24.3 Å². The Morgan fingerprint density at radius 1 is 0.935 bits per heavy atom. The lowest BCUT2D eigenvalue weighted by Gasteiger charge is -2.37. The normalized spacial score (nSPS) is 17.4. The third-order valence-electron chi connectivity index (χ3n) is 5.88. The second-order valence-electron chi connectivity index (χ2n) is 7.88. The van der Waals surface area contributed by atoms with E-state index in [1.165, 1.54) is 6.07 Å². The van der Waals surface area contributed by atoms with E-state index in [0.29, 0.717) is 38.3 Å². The first kappa shape index (κ1) is 21.2. The number of amides is 2. The lowest BCUT2D eigenvalue weighted by molar-refractivity contribution is -0.137. The Labute approximate surface area is 179 Å². The van der Waals surface area contributed by atoms with Gasteiger partial charge >= 0.3 is 6.18 Å². The maximum absolute atomic E-state index is 13.0. The summed E-state index contributed by atoms with van der Waals surface area (Å²) in [7, 11) is 0. The van der Waals surface area contributed by atoms with Gasteiger partial charge in [0.2, 0.25) is 11.8 Å². The van der Waals surface area contributed by atoms with Gasteiger partial charge in [0, 0.05) is 44.0 Å². The number of hydrogen-bond acceptors (Lipinski definition) is 3. The highest BCUT2D eigenvalue weighted by molar-refractivity contribution is 5.99. The molecule has 2 aliphatic heterocycles. The number of halogens is 3. The number of hydrogen-bond donors (Lipinski definition) is 0. The van der Waals surface area contributed by atoms with Crippen LogP contribution in [0.3, 0.4) is 0 Å². The first-order chi connectivity index (χ1) is 14.8. The Balaban J connectivity index is 1.41. The van der Waals surface area contributed by atoms with Crippen molar-refractivity contribution in [1.82, 2.24) is 4.90 Å². The monoisotopic (exact) mass is 431 g/mol. The number of anilines is 2. The molecule has 0 aromatic heterocycles. The van der Waals surface area contributed by atoms with Crippen LogP contribution in [0, 0.1) is 0 Å². The molecule has 2 heterocycles. The maximum atomic E-state index is 13.0. The molecule has 31 heavy (non-hydrogen) atoms. The summed E-state index contributed by atoms with van der Waals surface area (Å²) in [6.45, 7) is 1.67. The predicted molar refractivity (Wildman–Crippen MR) is 112 cm³/mol. The van der Waals surface area contributed by atoms with Crippen LogP contribution in [-0.4, -0.2) is 49.4 Å². The quantitative estimate of drug-likeness (QED) is 0.744. The summed E-state index contributed by atoms with van der Waals surface area (Å²) < 4.78 is 39.0. The van der Waals surface area contributed by atoms with Crippen molar-refractivity contribution in [1.29, 1.82) is 0 Å². The Morgan fingerprint density at radius 2 is 1.68 bits per heavy atom. The molecule has 0 N–H and O–H groups in total. The second kappa shape index (κ2) is 8.61. The molecule has 2 aromatic rings. The summed E-state index contributed by atoms with van der Waals surface area (Å²) in [6.07, 6.45) is -2.41. The Hall–Kier alpha value is -3.03. The summed E-state index contributed by atoms with van der Waals surface area (Å²) in [5.74, 6) is -0.199. The summed E-state index contributed by atoms with van der Waals surface area (Å²) in [6, 6.07) is 12.9. The predicted octanol–water partition coefficient (Wildman–Crippen LogP) is 3.72. The standard InChI is InChI=1S/C23H24F3N3O2/c24-23(25,26)18-7-4-8-19(15-18)27-11-13-28(14-12-27)22(31)16-29-20-9-2-1-5-17(20)6-3-10-21(29)30/h1-2,4-5,7-9,15H,3,6,10-14,16H2. The van der Waals surface area contributed by atoms with Gasteiger partial charge in [-0.05, 0) is 42.7 Å². The number of carbonyl (C=O) groups excluding carboxylic acids is 2. The van der Waals surface area contributed by atoms with Gasteiger partial charge in [0.25, 0.3) is 0 Å². The van der Waals surface area contributed by atoms with Crippen LogP contribution in [0.25, 0.3) is 0 Å². The summed E-state index contributed by atoms with van der Waals surface area (Å²) >= 11 is 0. The van der Waals surface area contributed by atoms with E-state index < -0.39 is 11.7 Å². The van der Waals surface area contributed by atoms with Crippen LogP contribution >= 0.6 is 0 Å². The fourth-order valence-electron chi connectivity index (χ4n) is 4.19. The third kappa shape index (κ3) is 4.68. The van der Waals surface area contributed by atoms with Gasteiger partial charge in [-0.3, -0.25) is 9.59 Å². The van der Waals surface area contributed by atoms with Gasteiger partial charge in [0.1, 0.15) is 6.54 Å². The Bertz CT molecular complexity index is 969. The van der Waals surface area contributed by atoms with E-state index in [0.717, 1.165) is 36.2 Å². The van der Waals surface area contributed by atoms with Crippen molar-refractivity contribution in [2.75, 3.05) is 42.5 Å². The number of nitrogens with zero attached hydrogens (tertiary/aromatic N) is 3. The first-order valence-corrected chi connectivity index (χ1v) is 10.4. The molecule has 1 fully saturated rings. The van der Waals surface area contributed by atoms with Crippen molar-refractivity contribution in [3.8, 4) is 0 Å². The zero-order valence-corrected chi connectivity index (χ0v) is 17.1. The molecule has 0 atom stereocenters. The van der Waals surface area contributed by atoms with Gasteiger partial charge in [0.15, 0.2) is 0 Å². The number of para-hydroxylation sites is 1. The van der Waals surface area contributed by atoms with Gasteiger partial charge in [0.05, 0.1) is 5.56 Å². The largest absolute Gasteiger partial charge is 0.416 e. The summed E-state index contributed by atoms with van der Waals surface area (Å²) in [4.78, 5) is 30.6. The van der Waals surface area contributed by atoms with E-state index in [1.807, 2.05) is 29.2 Å². The zero-order chi connectivity index (χ0) is 22.0. The number of carbonyl (C=O) groups is 2. The highest BCUT2D eigenvalue weighted by Gasteiger charge is 2.32. The molecule has 4 rings (SSSR count). The molecule has 8 heteroatoms. The van der Waals surface area contributed by atoms with E-state index in [9.17, 15) is 22.8 Å². The maximum Gasteiger partial charge on any atom is 0.416 e. The number of aryl methyl sites for hydroxylation is 1. The number of piperazine rings is 1. The van der Waals surface area contributed by atoms with Crippen LogP contribution < -0.4 is 9.80 Å². The van der Waals surface area contributed by atoms with E-state index in [2.05, 4.69) is 0 Å². The molecule has 0 spiro atoms. The van der Waals surface area contributed by atoms with Crippen molar-refractivity contribution in [2.45, 2.75) is 25.4 Å². The van der Waals surface area contributed by atoms with E-state index in [-0.39, 0.29) is 18.4 Å². The lowest BCUT2D eigenvalue weighted by Crippen LogP contribution is -2.52. The molecule has 0 aliphatic carbocycles. The summed E-state index contributed by atoms with van der Waals surface area (Å²) in [5, 5.41) is 0. The fourth-order valence-corrected chi connectivity index (χ4v) is 4.19. The minimum atomic E-state index is -4.39. The topological polar surface area (TPSA) is 43.9 Å². The Morgan fingerprint density at radius 3 is 2.42 bits per heavy atom. The second-order valence-corrected chi connectivity index (χ2v) is 7.88. The first-order valence-electron chi connectivity index (χ1n) is 10.4. The molecule has 1 saturated heterocycles.